The first-order valence-corrected chi connectivity index (χ1v) is 4.95. The number of hydrogen-bond donors (Lipinski definition) is 1. The summed E-state index contributed by atoms with van der Waals surface area (Å²) < 4.78 is 0. The smallest absolute Gasteiger partial charge is 0.0461 e. The average Bonchev–Trinajstić information content (AvgIpc) is 2.03. The van der Waals surface area contributed by atoms with Crippen LogP contribution in [0.4, 0.5) is 5.69 Å². The third kappa shape index (κ3) is 2.38. The molecule has 1 atom stereocenters. The van der Waals surface area contributed by atoms with Gasteiger partial charge in [0, 0.05) is 10.7 Å². The minimum absolute atomic E-state index is 0.480. The molecule has 0 aliphatic heterocycles. The van der Waals surface area contributed by atoms with Crippen molar-refractivity contribution < 1.29 is 0 Å². The summed E-state index contributed by atoms with van der Waals surface area (Å²) in [6, 6.07) is 5.73. The molecule has 2 N–H and O–H groups in total. The zero-order valence-electron chi connectivity index (χ0n) is 8.34. The second-order valence-electron chi connectivity index (χ2n) is 3.81. The largest absolute Gasteiger partial charge is 0.399 e. The molecule has 0 saturated carbocycles. The minimum atomic E-state index is 0.480. The van der Waals surface area contributed by atoms with Crippen LogP contribution in [0.15, 0.2) is 18.2 Å². The van der Waals surface area contributed by atoms with Crippen molar-refractivity contribution in [2.24, 2.45) is 5.92 Å². The van der Waals surface area contributed by atoms with E-state index in [1.54, 1.807) is 0 Å². The Morgan fingerprint density at radius 1 is 1.23 bits per heavy atom. The second-order valence-corrected chi connectivity index (χ2v) is 4.22. The molecule has 72 valence electrons. The Morgan fingerprint density at radius 2 is 1.85 bits per heavy atom. The number of anilines is 1. The molecule has 0 bridgehead atoms. The van der Waals surface area contributed by atoms with Gasteiger partial charge >= 0.3 is 0 Å². The fraction of sp³-hybridized carbons (Fsp3) is 0.455. The summed E-state index contributed by atoms with van der Waals surface area (Å²) in [4.78, 5) is 0. The molecule has 0 radical (unpaired) electrons. The molecule has 0 spiro atoms. The molecule has 1 nitrogen and oxygen atoms in total. The molecular formula is C11H16ClN. The molecule has 1 aromatic carbocycles. The van der Waals surface area contributed by atoms with E-state index in [0.717, 1.165) is 10.7 Å². The van der Waals surface area contributed by atoms with E-state index < -0.39 is 0 Å². The summed E-state index contributed by atoms with van der Waals surface area (Å²) in [5.41, 5.74) is 7.53. The number of nitrogen functional groups attached to an aromatic ring is 1. The Hall–Kier alpha value is -0.690. The first-order valence-electron chi connectivity index (χ1n) is 4.57. The average molecular weight is 198 g/mol. The lowest BCUT2D eigenvalue weighted by Gasteiger charge is -2.17. The highest BCUT2D eigenvalue weighted by molar-refractivity contribution is 6.31. The van der Waals surface area contributed by atoms with Crippen LogP contribution in [0.1, 0.15) is 32.3 Å². The lowest BCUT2D eigenvalue weighted by molar-refractivity contribution is 0.535. The summed E-state index contributed by atoms with van der Waals surface area (Å²) in [7, 11) is 0. The topological polar surface area (TPSA) is 26.0 Å². The van der Waals surface area contributed by atoms with E-state index in [9.17, 15) is 0 Å². The van der Waals surface area contributed by atoms with Crippen molar-refractivity contribution in [1.82, 2.24) is 0 Å². The highest BCUT2D eigenvalue weighted by Gasteiger charge is 2.12. The Labute approximate surface area is 84.9 Å². The monoisotopic (exact) mass is 197 g/mol. The van der Waals surface area contributed by atoms with Crippen molar-refractivity contribution in [2.45, 2.75) is 26.7 Å². The van der Waals surface area contributed by atoms with Crippen molar-refractivity contribution in [2.75, 3.05) is 5.73 Å². The molecular weight excluding hydrogens is 182 g/mol. The van der Waals surface area contributed by atoms with E-state index in [4.69, 9.17) is 17.3 Å². The summed E-state index contributed by atoms with van der Waals surface area (Å²) in [6.07, 6.45) is 0. The van der Waals surface area contributed by atoms with Gasteiger partial charge in [0.05, 0.1) is 0 Å². The fourth-order valence-electron chi connectivity index (χ4n) is 1.27. The van der Waals surface area contributed by atoms with Crippen LogP contribution in [0.3, 0.4) is 0 Å². The van der Waals surface area contributed by atoms with Gasteiger partial charge in [0.15, 0.2) is 0 Å². The van der Waals surface area contributed by atoms with Crippen LogP contribution < -0.4 is 5.73 Å². The molecule has 13 heavy (non-hydrogen) atoms. The molecule has 0 aliphatic carbocycles. The predicted molar refractivity (Wildman–Crippen MR) is 59.1 cm³/mol. The summed E-state index contributed by atoms with van der Waals surface area (Å²) in [5, 5.41) is 0.779. The Bertz CT molecular complexity index is 294. The number of hydrogen-bond acceptors (Lipinski definition) is 1. The van der Waals surface area contributed by atoms with Crippen LogP contribution in [0.5, 0.6) is 0 Å². The van der Waals surface area contributed by atoms with Gasteiger partial charge in [-0.3, -0.25) is 0 Å². The number of halogens is 1. The van der Waals surface area contributed by atoms with Gasteiger partial charge < -0.3 is 5.73 Å². The van der Waals surface area contributed by atoms with Crippen LogP contribution >= 0.6 is 11.6 Å². The van der Waals surface area contributed by atoms with Gasteiger partial charge in [-0.05, 0) is 29.5 Å². The highest BCUT2D eigenvalue weighted by atomic mass is 35.5. The molecule has 1 aromatic rings. The summed E-state index contributed by atoms with van der Waals surface area (Å²) in [6.45, 7) is 6.57. The van der Waals surface area contributed by atoms with Crippen molar-refractivity contribution in [3.63, 3.8) is 0 Å². The molecule has 2 heteroatoms. The Balaban J connectivity index is 3.01. The van der Waals surface area contributed by atoms with Crippen molar-refractivity contribution in [3.05, 3.63) is 28.8 Å². The van der Waals surface area contributed by atoms with E-state index in [2.05, 4.69) is 20.8 Å². The molecule has 1 rings (SSSR count). The maximum Gasteiger partial charge on any atom is 0.0461 e. The van der Waals surface area contributed by atoms with Crippen LogP contribution in [-0.4, -0.2) is 0 Å². The van der Waals surface area contributed by atoms with E-state index >= 15 is 0 Å². The van der Waals surface area contributed by atoms with Gasteiger partial charge in [0.2, 0.25) is 0 Å². The van der Waals surface area contributed by atoms with E-state index in [-0.39, 0.29) is 0 Å². The van der Waals surface area contributed by atoms with Crippen LogP contribution in [0.2, 0.25) is 5.02 Å². The maximum absolute atomic E-state index is 6.09. The summed E-state index contributed by atoms with van der Waals surface area (Å²) in [5.74, 6) is 1.08. The predicted octanol–water partition coefficient (Wildman–Crippen LogP) is 3.68. The standard InChI is InChI=1S/C11H16ClN/c1-7(2)8(3)10-5-4-9(13)6-11(10)12/h4-8H,13H2,1-3H3. The van der Waals surface area contributed by atoms with Gasteiger partial charge in [0.1, 0.15) is 0 Å². The van der Waals surface area contributed by atoms with Gasteiger partial charge in [-0.2, -0.15) is 0 Å². The maximum atomic E-state index is 6.09. The molecule has 0 heterocycles. The van der Waals surface area contributed by atoms with Crippen molar-refractivity contribution in [1.29, 1.82) is 0 Å². The molecule has 0 aromatic heterocycles. The molecule has 1 unspecified atom stereocenters. The highest BCUT2D eigenvalue weighted by Crippen LogP contribution is 2.30. The lowest BCUT2D eigenvalue weighted by Crippen LogP contribution is -2.03. The summed E-state index contributed by atoms with van der Waals surface area (Å²) >= 11 is 6.09. The number of nitrogens with two attached hydrogens (primary N) is 1. The Kier molecular flexibility index (Phi) is 3.21. The van der Waals surface area contributed by atoms with Crippen molar-refractivity contribution >= 4 is 17.3 Å². The first kappa shape index (κ1) is 10.4. The van der Waals surface area contributed by atoms with Gasteiger partial charge in [-0.15, -0.1) is 0 Å². The van der Waals surface area contributed by atoms with Gasteiger partial charge in [-0.25, -0.2) is 0 Å². The van der Waals surface area contributed by atoms with Crippen molar-refractivity contribution in [3.8, 4) is 0 Å². The SMILES string of the molecule is CC(C)C(C)c1ccc(N)cc1Cl. The zero-order chi connectivity index (χ0) is 10.0. The third-order valence-electron chi connectivity index (χ3n) is 2.52. The molecule has 0 saturated heterocycles. The fourth-order valence-corrected chi connectivity index (χ4v) is 1.63. The quantitative estimate of drug-likeness (QED) is 0.720. The van der Waals surface area contributed by atoms with E-state index in [0.29, 0.717) is 11.8 Å². The second kappa shape index (κ2) is 4.01. The molecule has 0 amide bonds. The zero-order valence-corrected chi connectivity index (χ0v) is 9.10. The lowest BCUT2D eigenvalue weighted by atomic mass is 9.90. The molecule has 0 fully saturated rings. The first-order chi connectivity index (χ1) is 6.02. The number of rotatable bonds is 2. The minimum Gasteiger partial charge on any atom is -0.399 e. The van der Waals surface area contributed by atoms with E-state index in [1.165, 1.54) is 5.56 Å². The van der Waals surface area contributed by atoms with Gasteiger partial charge in [-0.1, -0.05) is 38.4 Å². The van der Waals surface area contributed by atoms with Crippen LogP contribution in [-0.2, 0) is 0 Å². The number of benzene rings is 1. The third-order valence-corrected chi connectivity index (χ3v) is 2.84. The Morgan fingerprint density at radius 3 is 2.31 bits per heavy atom. The normalized spacial score (nSPS) is 13.3. The van der Waals surface area contributed by atoms with Gasteiger partial charge in [0.25, 0.3) is 0 Å². The van der Waals surface area contributed by atoms with Crippen LogP contribution in [0.25, 0.3) is 0 Å². The van der Waals surface area contributed by atoms with E-state index in [1.807, 2.05) is 18.2 Å². The van der Waals surface area contributed by atoms with Crippen LogP contribution in [0, 0.1) is 5.92 Å². The molecule has 0 aliphatic rings.